The van der Waals surface area contributed by atoms with Gasteiger partial charge in [0.15, 0.2) is 0 Å². The Bertz CT molecular complexity index is 673. The summed E-state index contributed by atoms with van der Waals surface area (Å²) in [5.74, 6) is -2.23. The van der Waals surface area contributed by atoms with Crippen molar-refractivity contribution < 1.29 is 19.8 Å². The summed E-state index contributed by atoms with van der Waals surface area (Å²) in [6.45, 7) is 0. The summed E-state index contributed by atoms with van der Waals surface area (Å²) in [6, 6.07) is 12.3. The van der Waals surface area contributed by atoms with Crippen molar-refractivity contribution >= 4 is 23.7 Å². The first-order valence-corrected chi connectivity index (χ1v) is 6.89. The predicted molar refractivity (Wildman–Crippen MR) is 78.5 cm³/mol. The molecule has 0 heterocycles. The van der Waals surface area contributed by atoms with Gasteiger partial charge in [0.05, 0.1) is 5.56 Å². The standard InChI is InChI=1S/C15H13NO4S/c16-13(15(19)20)11-7-6-9(14(17)18)8-12(11)21-10-4-2-1-3-5-10/h1-8,13H,16H2,(H,17,18)(H,19,20). The number of hydrogen-bond acceptors (Lipinski definition) is 4. The Morgan fingerprint density at radius 1 is 1.05 bits per heavy atom. The fourth-order valence-electron chi connectivity index (χ4n) is 1.76. The van der Waals surface area contributed by atoms with E-state index < -0.39 is 18.0 Å². The molecule has 0 bridgehead atoms. The monoisotopic (exact) mass is 303 g/mol. The quantitative estimate of drug-likeness (QED) is 0.785. The highest BCUT2D eigenvalue weighted by Crippen LogP contribution is 2.33. The Balaban J connectivity index is 2.45. The van der Waals surface area contributed by atoms with Crippen molar-refractivity contribution in [1.82, 2.24) is 0 Å². The lowest BCUT2D eigenvalue weighted by Gasteiger charge is -2.13. The average Bonchev–Trinajstić information content (AvgIpc) is 2.47. The molecule has 0 amide bonds. The van der Waals surface area contributed by atoms with E-state index in [4.69, 9.17) is 15.9 Å². The maximum absolute atomic E-state index is 11.1. The van der Waals surface area contributed by atoms with Crippen LogP contribution in [0, 0.1) is 0 Å². The van der Waals surface area contributed by atoms with E-state index in [1.54, 1.807) is 0 Å². The normalized spacial score (nSPS) is 11.9. The number of benzene rings is 2. The van der Waals surface area contributed by atoms with Gasteiger partial charge in [-0.2, -0.15) is 0 Å². The SMILES string of the molecule is NC(C(=O)O)c1ccc(C(=O)O)cc1Sc1ccccc1. The molecule has 1 atom stereocenters. The highest BCUT2D eigenvalue weighted by Gasteiger charge is 2.20. The number of carboxylic acid groups (broad SMARTS) is 2. The lowest BCUT2D eigenvalue weighted by atomic mass is 10.1. The Morgan fingerprint density at radius 2 is 1.71 bits per heavy atom. The Kier molecular flexibility index (Phi) is 4.62. The van der Waals surface area contributed by atoms with Gasteiger partial charge < -0.3 is 15.9 Å². The van der Waals surface area contributed by atoms with E-state index in [1.807, 2.05) is 30.3 Å². The van der Waals surface area contributed by atoms with Crippen LogP contribution in [0.3, 0.4) is 0 Å². The van der Waals surface area contributed by atoms with Crippen LogP contribution in [0.25, 0.3) is 0 Å². The van der Waals surface area contributed by atoms with E-state index in [2.05, 4.69) is 0 Å². The van der Waals surface area contributed by atoms with Crippen LogP contribution in [-0.2, 0) is 4.79 Å². The third-order valence-electron chi connectivity index (χ3n) is 2.83. The molecule has 1 unspecified atom stereocenters. The van der Waals surface area contributed by atoms with Crippen LogP contribution < -0.4 is 5.73 Å². The fraction of sp³-hybridized carbons (Fsp3) is 0.0667. The molecule has 2 aromatic rings. The zero-order valence-electron chi connectivity index (χ0n) is 10.9. The Labute approximate surface area is 125 Å². The molecule has 0 fully saturated rings. The number of carboxylic acids is 2. The number of aromatic carboxylic acids is 1. The summed E-state index contributed by atoms with van der Waals surface area (Å²) in [6.07, 6.45) is 0. The second kappa shape index (κ2) is 6.43. The van der Waals surface area contributed by atoms with Gasteiger partial charge >= 0.3 is 11.9 Å². The molecule has 2 aromatic carbocycles. The van der Waals surface area contributed by atoms with Gasteiger partial charge in [-0.25, -0.2) is 4.79 Å². The molecule has 0 radical (unpaired) electrons. The number of carbonyl (C=O) groups is 2. The highest BCUT2D eigenvalue weighted by atomic mass is 32.2. The first kappa shape index (κ1) is 15.1. The van der Waals surface area contributed by atoms with E-state index in [0.29, 0.717) is 10.5 Å². The van der Waals surface area contributed by atoms with Crippen LogP contribution in [0.4, 0.5) is 0 Å². The second-order valence-electron chi connectivity index (χ2n) is 4.29. The summed E-state index contributed by atoms with van der Waals surface area (Å²) >= 11 is 1.28. The summed E-state index contributed by atoms with van der Waals surface area (Å²) < 4.78 is 0. The van der Waals surface area contributed by atoms with E-state index in [1.165, 1.54) is 30.0 Å². The van der Waals surface area contributed by atoms with Gasteiger partial charge in [0.25, 0.3) is 0 Å². The van der Waals surface area contributed by atoms with Crippen LogP contribution >= 0.6 is 11.8 Å². The second-order valence-corrected chi connectivity index (χ2v) is 5.40. The van der Waals surface area contributed by atoms with E-state index in [-0.39, 0.29) is 5.56 Å². The summed E-state index contributed by atoms with van der Waals surface area (Å²) in [4.78, 5) is 23.5. The van der Waals surface area contributed by atoms with Crippen molar-refractivity contribution in [2.45, 2.75) is 15.8 Å². The molecule has 0 aliphatic carbocycles. The largest absolute Gasteiger partial charge is 0.480 e. The zero-order valence-corrected chi connectivity index (χ0v) is 11.7. The number of nitrogens with two attached hydrogens (primary N) is 1. The lowest BCUT2D eigenvalue weighted by Crippen LogP contribution is -2.21. The third kappa shape index (κ3) is 3.62. The van der Waals surface area contributed by atoms with Crippen molar-refractivity contribution in [2.75, 3.05) is 0 Å². The van der Waals surface area contributed by atoms with Crippen molar-refractivity contribution in [2.24, 2.45) is 5.73 Å². The van der Waals surface area contributed by atoms with Crippen LogP contribution in [-0.4, -0.2) is 22.2 Å². The maximum Gasteiger partial charge on any atom is 0.335 e. The van der Waals surface area contributed by atoms with Crippen LogP contribution in [0.1, 0.15) is 22.0 Å². The van der Waals surface area contributed by atoms with Gasteiger partial charge in [-0.15, -0.1) is 0 Å². The van der Waals surface area contributed by atoms with Crippen molar-refractivity contribution in [3.63, 3.8) is 0 Å². The molecule has 0 saturated heterocycles. The first-order chi connectivity index (χ1) is 9.99. The van der Waals surface area contributed by atoms with Crippen molar-refractivity contribution in [3.8, 4) is 0 Å². The maximum atomic E-state index is 11.1. The predicted octanol–water partition coefficient (Wildman–Crippen LogP) is 2.62. The third-order valence-corrected chi connectivity index (χ3v) is 3.91. The van der Waals surface area contributed by atoms with E-state index >= 15 is 0 Å². The molecule has 0 spiro atoms. The zero-order chi connectivity index (χ0) is 15.4. The van der Waals surface area contributed by atoms with Gasteiger partial charge in [0.1, 0.15) is 6.04 Å². The number of rotatable bonds is 5. The molecule has 108 valence electrons. The van der Waals surface area contributed by atoms with Crippen LogP contribution in [0.5, 0.6) is 0 Å². The molecule has 0 aliphatic rings. The number of hydrogen-bond donors (Lipinski definition) is 3. The molecule has 0 aliphatic heterocycles. The van der Waals surface area contributed by atoms with Gasteiger partial charge in [0, 0.05) is 9.79 Å². The molecule has 21 heavy (non-hydrogen) atoms. The van der Waals surface area contributed by atoms with Gasteiger partial charge in [-0.1, -0.05) is 36.0 Å². The summed E-state index contributed by atoms with van der Waals surface area (Å²) in [7, 11) is 0. The minimum atomic E-state index is -1.20. The minimum absolute atomic E-state index is 0.0924. The topological polar surface area (TPSA) is 101 Å². The highest BCUT2D eigenvalue weighted by molar-refractivity contribution is 7.99. The molecule has 5 nitrogen and oxygen atoms in total. The lowest BCUT2D eigenvalue weighted by molar-refractivity contribution is -0.138. The van der Waals surface area contributed by atoms with Crippen LogP contribution in [0.15, 0.2) is 58.3 Å². The molecular weight excluding hydrogens is 290 g/mol. The molecule has 4 N–H and O–H groups in total. The van der Waals surface area contributed by atoms with Gasteiger partial charge in [-0.3, -0.25) is 4.79 Å². The summed E-state index contributed by atoms with van der Waals surface area (Å²) in [5.41, 5.74) is 6.14. The minimum Gasteiger partial charge on any atom is -0.480 e. The smallest absolute Gasteiger partial charge is 0.335 e. The molecule has 0 saturated carbocycles. The Hall–Kier alpha value is -2.31. The number of aliphatic carboxylic acids is 1. The summed E-state index contributed by atoms with van der Waals surface area (Å²) in [5, 5.41) is 18.1. The molecule has 2 rings (SSSR count). The van der Waals surface area contributed by atoms with Crippen molar-refractivity contribution in [3.05, 3.63) is 59.7 Å². The molecular formula is C15H13NO4S. The van der Waals surface area contributed by atoms with Crippen molar-refractivity contribution in [1.29, 1.82) is 0 Å². The van der Waals surface area contributed by atoms with E-state index in [9.17, 15) is 9.59 Å². The average molecular weight is 303 g/mol. The van der Waals surface area contributed by atoms with Crippen LogP contribution in [0.2, 0.25) is 0 Å². The molecule has 6 heteroatoms. The van der Waals surface area contributed by atoms with Gasteiger partial charge in [0.2, 0.25) is 0 Å². The fourth-order valence-corrected chi connectivity index (χ4v) is 2.81. The molecule has 0 aromatic heterocycles. The first-order valence-electron chi connectivity index (χ1n) is 6.07. The van der Waals surface area contributed by atoms with E-state index in [0.717, 1.165) is 4.90 Å². The Morgan fingerprint density at radius 3 is 2.29 bits per heavy atom. The van der Waals surface area contributed by atoms with Gasteiger partial charge in [-0.05, 0) is 29.8 Å².